The fourth-order valence-electron chi connectivity index (χ4n) is 1.86. The Kier molecular flexibility index (Phi) is 7.61. The van der Waals surface area contributed by atoms with Crippen LogP contribution in [0.25, 0.3) is 0 Å². The van der Waals surface area contributed by atoms with E-state index in [2.05, 4.69) is 12.2 Å². The summed E-state index contributed by atoms with van der Waals surface area (Å²) in [6.45, 7) is 4.72. The van der Waals surface area contributed by atoms with Gasteiger partial charge in [-0.15, -0.1) is 0 Å². The molecule has 1 aromatic rings. The molecule has 1 unspecified atom stereocenters. The fraction of sp³-hybridized carbons (Fsp3) is 0.562. The largest absolute Gasteiger partial charge is 0.493 e. The minimum absolute atomic E-state index is 0.00974. The quantitative estimate of drug-likeness (QED) is 0.729. The zero-order valence-electron chi connectivity index (χ0n) is 13.1. The number of amides is 1. The number of carbonyl (C=O) groups excluding carboxylic acids is 1. The van der Waals surface area contributed by atoms with E-state index < -0.39 is 0 Å². The molecular formula is C16H26N2O3. The van der Waals surface area contributed by atoms with Crippen molar-refractivity contribution in [3.63, 3.8) is 0 Å². The Hall–Kier alpha value is -1.75. The molecule has 0 spiro atoms. The second kappa shape index (κ2) is 9.23. The van der Waals surface area contributed by atoms with Crippen molar-refractivity contribution in [1.82, 2.24) is 5.32 Å². The van der Waals surface area contributed by atoms with Gasteiger partial charge in [0.1, 0.15) is 0 Å². The molecule has 3 N–H and O–H groups in total. The maximum atomic E-state index is 11.5. The van der Waals surface area contributed by atoms with Crippen molar-refractivity contribution in [3.05, 3.63) is 23.8 Å². The summed E-state index contributed by atoms with van der Waals surface area (Å²) in [6, 6.07) is 5.83. The molecule has 0 saturated carbocycles. The van der Waals surface area contributed by atoms with Gasteiger partial charge in [0, 0.05) is 12.6 Å². The van der Waals surface area contributed by atoms with Gasteiger partial charge >= 0.3 is 0 Å². The van der Waals surface area contributed by atoms with Gasteiger partial charge in [-0.25, -0.2) is 0 Å². The predicted octanol–water partition coefficient (Wildman–Crippen LogP) is 1.88. The highest BCUT2D eigenvalue weighted by Crippen LogP contribution is 2.28. The van der Waals surface area contributed by atoms with E-state index in [0.29, 0.717) is 18.0 Å². The van der Waals surface area contributed by atoms with E-state index in [1.54, 1.807) is 7.11 Å². The summed E-state index contributed by atoms with van der Waals surface area (Å²) in [6.07, 6.45) is 2.63. The van der Waals surface area contributed by atoms with Crippen LogP contribution in [0.2, 0.25) is 0 Å². The van der Waals surface area contributed by atoms with Crippen LogP contribution in [0.4, 0.5) is 0 Å². The van der Waals surface area contributed by atoms with Crippen LogP contribution < -0.4 is 20.5 Å². The molecule has 1 aromatic carbocycles. The third-order valence-corrected chi connectivity index (χ3v) is 3.18. The summed E-state index contributed by atoms with van der Waals surface area (Å²) < 4.78 is 10.8. The zero-order valence-corrected chi connectivity index (χ0v) is 13.1. The highest BCUT2D eigenvalue weighted by Gasteiger charge is 2.10. The van der Waals surface area contributed by atoms with E-state index in [9.17, 15) is 4.79 Å². The van der Waals surface area contributed by atoms with Crippen molar-refractivity contribution in [1.29, 1.82) is 0 Å². The van der Waals surface area contributed by atoms with Crippen molar-refractivity contribution in [3.8, 4) is 11.5 Å². The molecule has 5 heteroatoms. The molecule has 0 aliphatic carbocycles. The van der Waals surface area contributed by atoms with Crippen LogP contribution in [0, 0.1) is 0 Å². The Morgan fingerprint density at radius 3 is 2.71 bits per heavy atom. The second-order valence-electron chi connectivity index (χ2n) is 5.00. The van der Waals surface area contributed by atoms with Crippen LogP contribution in [0.5, 0.6) is 11.5 Å². The minimum atomic E-state index is -0.129. The van der Waals surface area contributed by atoms with Crippen LogP contribution in [0.1, 0.15) is 32.3 Å². The number of nitrogens with two attached hydrogens (primary N) is 1. The zero-order chi connectivity index (χ0) is 15.7. The standard InChI is InChI=1S/C16H26N2O3/c1-4-8-18-16(19)11-21-14-7-6-12(9-13(17)5-2)10-15(14)20-3/h6-7,10,13H,4-5,8-9,11,17H2,1-3H3,(H,18,19). The van der Waals surface area contributed by atoms with Gasteiger partial charge in [0.25, 0.3) is 5.91 Å². The molecule has 0 aliphatic rings. The molecule has 21 heavy (non-hydrogen) atoms. The molecular weight excluding hydrogens is 268 g/mol. The number of hydrogen-bond acceptors (Lipinski definition) is 4. The van der Waals surface area contributed by atoms with Crippen molar-refractivity contribution >= 4 is 5.91 Å². The summed E-state index contributed by atoms with van der Waals surface area (Å²) in [7, 11) is 1.59. The normalized spacial score (nSPS) is 11.8. The smallest absolute Gasteiger partial charge is 0.257 e. The van der Waals surface area contributed by atoms with Crippen LogP contribution in [-0.2, 0) is 11.2 Å². The average Bonchev–Trinajstić information content (AvgIpc) is 2.51. The first-order valence-electron chi connectivity index (χ1n) is 7.42. The number of rotatable bonds is 9. The van der Waals surface area contributed by atoms with E-state index in [1.807, 2.05) is 25.1 Å². The molecule has 0 aromatic heterocycles. The number of methoxy groups -OCH3 is 1. The van der Waals surface area contributed by atoms with Crippen LogP contribution >= 0.6 is 0 Å². The highest BCUT2D eigenvalue weighted by molar-refractivity contribution is 5.77. The summed E-state index contributed by atoms with van der Waals surface area (Å²) in [4.78, 5) is 11.5. The summed E-state index contributed by atoms with van der Waals surface area (Å²) in [5, 5.41) is 2.76. The van der Waals surface area contributed by atoms with Crippen molar-refractivity contribution in [2.24, 2.45) is 5.73 Å². The van der Waals surface area contributed by atoms with Gasteiger partial charge in [-0.2, -0.15) is 0 Å². The molecule has 0 heterocycles. The molecule has 0 bridgehead atoms. The average molecular weight is 294 g/mol. The number of ether oxygens (including phenoxy) is 2. The van der Waals surface area contributed by atoms with Gasteiger partial charge in [-0.1, -0.05) is 19.9 Å². The molecule has 0 saturated heterocycles. The van der Waals surface area contributed by atoms with E-state index in [1.165, 1.54) is 0 Å². The first kappa shape index (κ1) is 17.3. The number of carbonyl (C=O) groups is 1. The van der Waals surface area contributed by atoms with Gasteiger partial charge in [-0.3, -0.25) is 4.79 Å². The third-order valence-electron chi connectivity index (χ3n) is 3.18. The summed E-state index contributed by atoms with van der Waals surface area (Å²) in [5.74, 6) is 1.06. The second-order valence-corrected chi connectivity index (χ2v) is 5.00. The first-order valence-corrected chi connectivity index (χ1v) is 7.42. The van der Waals surface area contributed by atoms with E-state index in [0.717, 1.165) is 24.8 Å². The maximum absolute atomic E-state index is 11.5. The van der Waals surface area contributed by atoms with E-state index in [-0.39, 0.29) is 18.6 Å². The van der Waals surface area contributed by atoms with Crippen molar-refractivity contribution in [2.45, 2.75) is 39.2 Å². The number of nitrogens with one attached hydrogen (secondary N) is 1. The molecule has 0 radical (unpaired) electrons. The Balaban J connectivity index is 2.64. The number of hydrogen-bond donors (Lipinski definition) is 2. The molecule has 1 atom stereocenters. The van der Waals surface area contributed by atoms with E-state index >= 15 is 0 Å². The van der Waals surface area contributed by atoms with E-state index in [4.69, 9.17) is 15.2 Å². The highest BCUT2D eigenvalue weighted by atomic mass is 16.5. The lowest BCUT2D eigenvalue weighted by atomic mass is 10.0. The lowest BCUT2D eigenvalue weighted by Gasteiger charge is -2.14. The summed E-state index contributed by atoms with van der Waals surface area (Å²) in [5.41, 5.74) is 7.06. The summed E-state index contributed by atoms with van der Waals surface area (Å²) >= 11 is 0. The van der Waals surface area contributed by atoms with Gasteiger partial charge in [0.05, 0.1) is 7.11 Å². The Labute approximate surface area is 126 Å². The lowest BCUT2D eigenvalue weighted by molar-refractivity contribution is -0.123. The Morgan fingerprint density at radius 1 is 1.33 bits per heavy atom. The SMILES string of the molecule is CCCNC(=O)COc1ccc(CC(N)CC)cc1OC. The molecule has 1 rings (SSSR count). The molecule has 0 fully saturated rings. The third kappa shape index (κ3) is 6.04. The molecule has 118 valence electrons. The Morgan fingerprint density at radius 2 is 2.10 bits per heavy atom. The van der Waals surface area contributed by atoms with Crippen LogP contribution in [0.3, 0.4) is 0 Å². The molecule has 0 aliphatic heterocycles. The Bertz CT molecular complexity index is 449. The van der Waals surface area contributed by atoms with Crippen molar-refractivity contribution < 1.29 is 14.3 Å². The number of benzene rings is 1. The van der Waals surface area contributed by atoms with Gasteiger partial charge in [0.2, 0.25) is 0 Å². The first-order chi connectivity index (χ1) is 10.1. The minimum Gasteiger partial charge on any atom is -0.493 e. The van der Waals surface area contributed by atoms with Crippen molar-refractivity contribution in [2.75, 3.05) is 20.3 Å². The monoisotopic (exact) mass is 294 g/mol. The lowest BCUT2D eigenvalue weighted by Crippen LogP contribution is -2.29. The maximum Gasteiger partial charge on any atom is 0.257 e. The van der Waals surface area contributed by atoms with Crippen LogP contribution in [-0.4, -0.2) is 32.2 Å². The van der Waals surface area contributed by atoms with Crippen LogP contribution in [0.15, 0.2) is 18.2 Å². The predicted molar refractivity (Wildman–Crippen MR) is 83.8 cm³/mol. The fourth-order valence-corrected chi connectivity index (χ4v) is 1.86. The molecule has 5 nitrogen and oxygen atoms in total. The van der Waals surface area contributed by atoms with Gasteiger partial charge in [-0.05, 0) is 37.0 Å². The van der Waals surface area contributed by atoms with Gasteiger partial charge < -0.3 is 20.5 Å². The van der Waals surface area contributed by atoms with Gasteiger partial charge in [0.15, 0.2) is 18.1 Å². The molecule has 1 amide bonds. The topological polar surface area (TPSA) is 73.6 Å².